The molecule has 2 aromatic carbocycles. The maximum absolute atomic E-state index is 13.0. The second-order valence-corrected chi connectivity index (χ2v) is 18.7. The number of anilines is 1. The number of nitrogens with zero attached hydrogens (tertiary/aromatic N) is 3. The molecule has 2 aliphatic heterocycles. The molecule has 0 spiro atoms. The number of benzene rings is 2. The van der Waals surface area contributed by atoms with Crippen LogP contribution in [0.5, 0.6) is 0 Å². The first kappa shape index (κ1) is 52.0. The van der Waals surface area contributed by atoms with Crippen molar-refractivity contribution in [3.8, 4) is 0 Å². The Kier molecular flexibility index (Phi) is 20.1. The lowest BCUT2D eigenvalue weighted by Crippen LogP contribution is -2.38. The van der Waals surface area contributed by atoms with Crippen LogP contribution in [0.1, 0.15) is 133 Å². The smallest absolute Gasteiger partial charge is 0.377 e. The summed E-state index contributed by atoms with van der Waals surface area (Å²) in [5, 5.41) is 3.45. The normalized spacial score (nSPS) is 23.1. The molecular weight excluding hydrogens is 894 g/mol. The molecular formula is C52H63ClF6N4O4. The number of ether oxygens (including phenoxy) is 2. The van der Waals surface area contributed by atoms with E-state index in [9.17, 15) is 35.9 Å². The van der Waals surface area contributed by atoms with Crippen LogP contribution in [-0.4, -0.2) is 60.9 Å². The van der Waals surface area contributed by atoms with Crippen molar-refractivity contribution in [3.63, 3.8) is 0 Å². The van der Waals surface area contributed by atoms with E-state index in [1.54, 1.807) is 0 Å². The molecule has 1 N–H and O–H groups in total. The Bertz CT molecular complexity index is 2090. The number of pyridine rings is 2. The van der Waals surface area contributed by atoms with Crippen molar-refractivity contribution in [1.29, 1.82) is 0 Å². The fraction of sp³-hybridized carbons (Fsp3) is 0.538. The highest BCUT2D eigenvalue weighted by molar-refractivity contribution is 6.31. The van der Waals surface area contributed by atoms with Gasteiger partial charge in [-0.2, -0.15) is 26.3 Å². The predicted octanol–water partition coefficient (Wildman–Crippen LogP) is 13.0. The quantitative estimate of drug-likeness (QED) is 0.0545. The van der Waals surface area contributed by atoms with E-state index in [2.05, 4.69) is 62.6 Å². The lowest BCUT2D eigenvalue weighted by atomic mass is 9.77. The van der Waals surface area contributed by atoms with Crippen LogP contribution in [0.2, 0.25) is 5.15 Å². The minimum atomic E-state index is -4.50. The largest absolute Gasteiger partial charge is 0.417 e. The molecule has 4 aliphatic rings. The summed E-state index contributed by atoms with van der Waals surface area (Å²) in [5.41, 5.74) is 0.373. The average Bonchev–Trinajstić information content (AvgIpc) is 4.07. The van der Waals surface area contributed by atoms with Crippen molar-refractivity contribution in [3.05, 3.63) is 124 Å². The molecule has 0 radical (unpaired) electrons. The maximum Gasteiger partial charge on any atom is 0.417 e. The number of aldehydes is 2. The van der Waals surface area contributed by atoms with Crippen molar-refractivity contribution < 1.29 is 45.4 Å². The predicted molar refractivity (Wildman–Crippen MR) is 248 cm³/mol. The molecule has 15 heteroatoms. The third-order valence-corrected chi connectivity index (χ3v) is 14.1. The minimum Gasteiger partial charge on any atom is -0.377 e. The first-order valence-electron chi connectivity index (χ1n) is 23.8. The number of halogens is 7. The second kappa shape index (κ2) is 25.8. The van der Waals surface area contributed by atoms with Gasteiger partial charge in [0, 0.05) is 44.2 Å². The number of nitrogens with one attached hydrogen (secondary N) is 1. The summed E-state index contributed by atoms with van der Waals surface area (Å²) in [6.07, 6.45) is 10.4. The molecule has 2 saturated carbocycles. The maximum atomic E-state index is 13.0. The number of hydrogen-bond donors (Lipinski definition) is 1. The van der Waals surface area contributed by atoms with E-state index in [-0.39, 0.29) is 28.6 Å². The highest BCUT2D eigenvalue weighted by atomic mass is 35.5. The van der Waals surface area contributed by atoms with E-state index >= 15 is 0 Å². The van der Waals surface area contributed by atoms with E-state index < -0.39 is 23.5 Å². The summed E-state index contributed by atoms with van der Waals surface area (Å²) >= 11 is 5.34. The van der Waals surface area contributed by atoms with Gasteiger partial charge >= 0.3 is 12.4 Å². The van der Waals surface area contributed by atoms with Crippen molar-refractivity contribution in [2.24, 2.45) is 23.7 Å². The molecule has 2 aliphatic carbocycles. The first-order chi connectivity index (χ1) is 32.3. The zero-order chi connectivity index (χ0) is 47.7. The summed E-state index contributed by atoms with van der Waals surface area (Å²) in [6.45, 7) is 5.08. The molecule has 8 rings (SSSR count). The van der Waals surface area contributed by atoms with Gasteiger partial charge in [0.2, 0.25) is 0 Å². The highest BCUT2D eigenvalue weighted by Crippen LogP contribution is 2.41. The highest BCUT2D eigenvalue weighted by Gasteiger charge is 2.38. The summed E-state index contributed by atoms with van der Waals surface area (Å²) < 4.78 is 86.9. The van der Waals surface area contributed by atoms with Crippen molar-refractivity contribution >= 4 is 30.0 Å². The van der Waals surface area contributed by atoms with Gasteiger partial charge in [-0.05, 0) is 118 Å². The Morgan fingerprint density at radius 3 is 1.64 bits per heavy atom. The van der Waals surface area contributed by atoms with Gasteiger partial charge in [-0.25, -0.2) is 9.97 Å². The van der Waals surface area contributed by atoms with Crippen LogP contribution < -0.4 is 10.2 Å². The molecule has 0 amide bonds. The molecule has 2 aromatic heterocycles. The number of hydrogen-bond acceptors (Lipinski definition) is 8. The Hall–Kier alpha value is -4.37. The van der Waals surface area contributed by atoms with Crippen molar-refractivity contribution in [2.45, 2.75) is 128 Å². The zero-order valence-electron chi connectivity index (χ0n) is 38.0. The van der Waals surface area contributed by atoms with Gasteiger partial charge in [0.05, 0.1) is 35.5 Å². The first-order valence-corrected chi connectivity index (χ1v) is 24.1. The molecule has 2 saturated heterocycles. The van der Waals surface area contributed by atoms with E-state index in [4.69, 9.17) is 21.1 Å². The third-order valence-electron chi connectivity index (χ3n) is 13.8. The molecule has 2 atom stereocenters. The standard InChI is InChI=1S/C26H31F3N2O2.C19H29NO.C7H3ClF3NO/c27-26(28,29)23-15-22(17-32)25(30-16-23)31-13-4-7-24(31)21-10-8-19(9-11-21)12-14-33-18-20-5-2-1-3-6-20;1-2-5-17(6-3-1)15-21-14-12-16-8-10-18(11-9-16)19-7-4-13-20-19;8-6-4(3-13)1-5(2-12-6)7(9,10)11/h1-3,5-6,15-17,19,21,24H,4,7-14,18H2;1-3,5-6,16,18-20H,4,7-15H2;1-3H/t19?,21?,24-;16?,18?,19-;/m10./s1. The molecule has 8 nitrogen and oxygen atoms in total. The van der Waals surface area contributed by atoms with E-state index in [1.165, 1.54) is 62.6 Å². The van der Waals surface area contributed by atoms with Crippen LogP contribution in [0.15, 0.2) is 85.2 Å². The molecule has 67 heavy (non-hydrogen) atoms. The van der Waals surface area contributed by atoms with Gasteiger partial charge in [0.1, 0.15) is 11.0 Å². The van der Waals surface area contributed by atoms with E-state index in [0.29, 0.717) is 42.8 Å². The van der Waals surface area contributed by atoms with Gasteiger partial charge in [-0.3, -0.25) is 9.59 Å². The Balaban J connectivity index is 0.000000185. The second-order valence-electron chi connectivity index (χ2n) is 18.3. The van der Waals surface area contributed by atoms with Gasteiger partial charge in [0.25, 0.3) is 0 Å². The van der Waals surface area contributed by atoms with E-state index in [1.807, 2.05) is 18.2 Å². The molecule has 4 fully saturated rings. The monoisotopic (exact) mass is 956 g/mol. The van der Waals surface area contributed by atoms with Crippen molar-refractivity contribution in [2.75, 3.05) is 31.2 Å². The number of rotatable bonds is 15. The summed E-state index contributed by atoms with van der Waals surface area (Å²) in [4.78, 5) is 31.2. The van der Waals surface area contributed by atoms with Crippen molar-refractivity contribution in [1.82, 2.24) is 15.3 Å². The molecule has 4 heterocycles. The van der Waals surface area contributed by atoms with Gasteiger partial charge in [-0.1, -0.05) is 97.9 Å². The van der Waals surface area contributed by atoms with Gasteiger partial charge < -0.3 is 19.7 Å². The van der Waals surface area contributed by atoms with Crippen LogP contribution in [-0.2, 0) is 35.0 Å². The molecule has 364 valence electrons. The molecule has 0 bridgehead atoms. The van der Waals surface area contributed by atoms with Crippen LogP contribution in [0.4, 0.5) is 32.2 Å². The van der Waals surface area contributed by atoms with Gasteiger partial charge in [0.15, 0.2) is 12.6 Å². The SMILES string of the molecule is O=Cc1cc(C(F)(F)F)cnc1Cl.O=Cc1cc(C(F)(F)F)cnc1N1CCC[C@@H]1C1CCC(CCOCc2ccccc2)CC1.c1ccc(COCCC2CCC([C@@H]3CCCN3)CC2)cc1. The topological polar surface area (TPSA) is 93.7 Å². The number of alkyl halides is 6. The zero-order valence-corrected chi connectivity index (χ0v) is 38.7. The Morgan fingerprint density at radius 2 is 1.15 bits per heavy atom. The number of carbonyl (C=O) groups excluding carboxylic acids is 2. The Labute approximate surface area is 395 Å². The summed E-state index contributed by atoms with van der Waals surface area (Å²) in [5.74, 6) is 3.39. The summed E-state index contributed by atoms with van der Waals surface area (Å²) in [6, 6.07) is 23.3. The lowest BCUT2D eigenvalue weighted by molar-refractivity contribution is -0.138. The molecule has 4 aromatic rings. The van der Waals surface area contributed by atoms with Gasteiger partial charge in [-0.15, -0.1) is 0 Å². The third kappa shape index (κ3) is 16.1. The average molecular weight is 958 g/mol. The fourth-order valence-corrected chi connectivity index (χ4v) is 10.2. The van der Waals surface area contributed by atoms with Crippen LogP contribution in [0, 0.1) is 23.7 Å². The minimum absolute atomic E-state index is 0.0287. The Morgan fingerprint density at radius 1 is 0.642 bits per heavy atom. The van der Waals surface area contributed by atoms with E-state index in [0.717, 1.165) is 101 Å². The van der Waals surface area contributed by atoms with Crippen LogP contribution >= 0.6 is 11.6 Å². The molecule has 0 unspecified atom stereocenters. The number of carbonyl (C=O) groups is 2. The van der Waals surface area contributed by atoms with Crippen LogP contribution in [0.25, 0.3) is 0 Å². The lowest BCUT2D eigenvalue weighted by Gasteiger charge is -2.37. The number of aromatic nitrogens is 2. The fourth-order valence-electron chi connectivity index (χ4n) is 10.1. The van der Waals surface area contributed by atoms with Crippen LogP contribution in [0.3, 0.4) is 0 Å². The summed E-state index contributed by atoms with van der Waals surface area (Å²) in [7, 11) is 0.